The fraction of sp³-hybridized carbons (Fsp3) is 0.500. The first-order chi connectivity index (χ1) is 7.22. The summed E-state index contributed by atoms with van der Waals surface area (Å²) in [5.74, 6) is 1.20. The number of nitrogens with one attached hydrogen (secondary N) is 1. The van der Waals surface area contributed by atoms with Crippen LogP contribution in [0.15, 0.2) is 18.2 Å². The minimum atomic E-state index is 0.357. The van der Waals surface area contributed by atoms with Crippen LogP contribution in [0.2, 0.25) is 0 Å². The standard InChI is InChI=1S/C12H18N2O/c1-8-2-3-10(12(15)4-8)11-7-14-6-9(11)5-13/h2-4,9,11,14-15H,5-7,13H2,1H3. The predicted octanol–water partition coefficient (Wildman–Crippen LogP) is 0.962. The largest absolute Gasteiger partial charge is 0.508 e. The highest BCUT2D eigenvalue weighted by molar-refractivity contribution is 5.39. The van der Waals surface area contributed by atoms with E-state index in [2.05, 4.69) is 5.32 Å². The molecule has 4 N–H and O–H groups in total. The molecule has 3 nitrogen and oxygen atoms in total. The van der Waals surface area contributed by atoms with Crippen molar-refractivity contribution in [2.45, 2.75) is 12.8 Å². The summed E-state index contributed by atoms with van der Waals surface area (Å²) in [5, 5.41) is 13.2. The van der Waals surface area contributed by atoms with Crippen molar-refractivity contribution in [3.05, 3.63) is 29.3 Å². The lowest BCUT2D eigenvalue weighted by Gasteiger charge is -2.18. The molecule has 0 aromatic heterocycles. The zero-order valence-corrected chi connectivity index (χ0v) is 9.03. The molecule has 1 heterocycles. The topological polar surface area (TPSA) is 58.3 Å². The minimum Gasteiger partial charge on any atom is -0.508 e. The van der Waals surface area contributed by atoms with Crippen LogP contribution in [0.3, 0.4) is 0 Å². The number of aryl methyl sites for hydroxylation is 1. The van der Waals surface area contributed by atoms with Gasteiger partial charge in [-0.25, -0.2) is 0 Å². The first-order valence-electron chi connectivity index (χ1n) is 5.42. The minimum absolute atomic E-state index is 0.357. The van der Waals surface area contributed by atoms with E-state index in [9.17, 15) is 5.11 Å². The van der Waals surface area contributed by atoms with E-state index in [-0.39, 0.29) is 0 Å². The van der Waals surface area contributed by atoms with Gasteiger partial charge in [0.25, 0.3) is 0 Å². The summed E-state index contributed by atoms with van der Waals surface area (Å²) in [4.78, 5) is 0. The van der Waals surface area contributed by atoms with Crippen molar-refractivity contribution in [2.75, 3.05) is 19.6 Å². The van der Waals surface area contributed by atoms with Gasteiger partial charge in [-0.2, -0.15) is 0 Å². The second kappa shape index (κ2) is 4.21. The number of phenolic OH excluding ortho intramolecular Hbond substituents is 1. The lowest BCUT2D eigenvalue weighted by molar-refractivity contribution is 0.447. The molecule has 1 aliphatic rings. The third-order valence-electron chi connectivity index (χ3n) is 3.23. The number of hydrogen-bond acceptors (Lipinski definition) is 3. The highest BCUT2D eigenvalue weighted by Gasteiger charge is 2.28. The monoisotopic (exact) mass is 206 g/mol. The van der Waals surface area contributed by atoms with E-state index < -0.39 is 0 Å². The SMILES string of the molecule is Cc1ccc(C2CNCC2CN)c(O)c1. The second-order valence-corrected chi connectivity index (χ2v) is 4.32. The van der Waals surface area contributed by atoms with Crippen LogP contribution in [0.25, 0.3) is 0 Å². The Morgan fingerprint density at radius 1 is 1.47 bits per heavy atom. The van der Waals surface area contributed by atoms with Crippen LogP contribution in [-0.2, 0) is 0 Å². The van der Waals surface area contributed by atoms with E-state index in [0.717, 1.165) is 24.2 Å². The van der Waals surface area contributed by atoms with Gasteiger partial charge in [0.2, 0.25) is 0 Å². The summed E-state index contributed by atoms with van der Waals surface area (Å²) < 4.78 is 0. The fourth-order valence-electron chi connectivity index (χ4n) is 2.31. The summed E-state index contributed by atoms with van der Waals surface area (Å²) in [6.45, 7) is 4.52. The van der Waals surface area contributed by atoms with Crippen molar-refractivity contribution in [2.24, 2.45) is 11.7 Å². The van der Waals surface area contributed by atoms with Crippen molar-refractivity contribution in [1.29, 1.82) is 0 Å². The maximum Gasteiger partial charge on any atom is 0.119 e. The Morgan fingerprint density at radius 2 is 2.27 bits per heavy atom. The van der Waals surface area contributed by atoms with Crippen molar-refractivity contribution >= 4 is 0 Å². The Morgan fingerprint density at radius 3 is 2.93 bits per heavy atom. The molecule has 82 valence electrons. The number of rotatable bonds is 2. The third-order valence-corrected chi connectivity index (χ3v) is 3.23. The van der Waals surface area contributed by atoms with E-state index in [1.54, 1.807) is 0 Å². The summed E-state index contributed by atoms with van der Waals surface area (Å²) >= 11 is 0. The summed E-state index contributed by atoms with van der Waals surface area (Å²) in [7, 11) is 0. The van der Waals surface area contributed by atoms with E-state index in [1.807, 2.05) is 25.1 Å². The molecule has 0 amide bonds. The molecule has 0 spiro atoms. The first kappa shape index (κ1) is 10.5. The Labute approximate surface area is 90.3 Å². The van der Waals surface area contributed by atoms with Gasteiger partial charge in [0.1, 0.15) is 5.75 Å². The zero-order chi connectivity index (χ0) is 10.8. The smallest absolute Gasteiger partial charge is 0.119 e. The number of nitrogens with two attached hydrogens (primary N) is 1. The number of aromatic hydroxyl groups is 1. The van der Waals surface area contributed by atoms with Gasteiger partial charge in [-0.15, -0.1) is 0 Å². The Bertz CT molecular complexity index is 351. The fourth-order valence-corrected chi connectivity index (χ4v) is 2.31. The maximum atomic E-state index is 9.90. The highest BCUT2D eigenvalue weighted by Crippen LogP contribution is 2.33. The van der Waals surface area contributed by atoms with Crippen LogP contribution in [-0.4, -0.2) is 24.7 Å². The van der Waals surface area contributed by atoms with Gasteiger partial charge < -0.3 is 16.2 Å². The molecule has 1 saturated heterocycles. The van der Waals surface area contributed by atoms with Crippen LogP contribution in [0, 0.1) is 12.8 Å². The molecular weight excluding hydrogens is 188 g/mol. The molecule has 0 bridgehead atoms. The van der Waals surface area contributed by atoms with Crippen LogP contribution in [0.4, 0.5) is 0 Å². The lowest BCUT2D eigenvalue weighted by Crippen LogP contribution is -2.21. The van der Waals surface area contributed by atoms with Crippen molar-refractivity contribution in [1.82, 2.24) is 5.32 Å². The molecule has 1 aromatic rings. The molecule has 1 fully saturated rings. The van der Waals surface area contributed by atoms with Crippen LogP contribution >= 0.6 is 0 Å². The number of benzene rings is 1. The summed E-state index contributed by atoms with van der Waals surface area (Å²) in [6, 6.07) is 5.88. The van der Waals surface area contributed by atoms with E-state index in [4.69, 9.17) is 5.73 Å². The van der Waals surface area contributed by atoms with E-state index in [1.165, 1.54) is 0 Å². The van der Waals surface area contributed by atoms with Gasteiger partial charge in [0.05, 0.1) is 0 Å². The Balaban J connectivity index is 2.28. The van der Waals surface area contributed by atoms with Crippen LogP contribution < -0.4 is 11.1 Å². The van der Waals surface area contributed by atoms with Gasteiger partial charge in [0.15, 0.2) is 0 Å². The van der Waals surface area contributed by atoms with Crippen molar-refractivity contribution < 1.29 is 5.11 Å². The van der Waals surface area contributed by atoms with Gasteiger partial charge in [-0.1, -0.05) is 12.1 Å². The van der Waals surface area contributed by atoms with Gasteiger partial charge in [0, 0.05) is 12.5 Å². The van der Waals surface area contributed by atoms with Gasteiger partial charge >= 0.3 is 0 Å². The Kier molecular flexibility index (Phi) is 2.93. The van der Waals surface area contributed by atoms with Gasteiger partial charge in [-0.05, 0) is 43.1 Å². The normalized spacial score (nSPS) is 25.7. The third kappa shape index (κ3) is 1.98. The molecule has 0 radical (unpaired) electrons. The molecule has 1 aliphatic heterocycles. The Hall–Kier alpha value is -1.06. The number of hydrogen-bond donors (Lipinski definition) is 3. The van der Waals surface area contributed by atoms with Gasteiger partial charge in [-0.3, -0.25) is 0 Å². The van der Waals surface area contributed by atoms with E-state index in [0.29, 0.717) is 24.1 Å². The van der Waals surface area contributed by atoms with Crippen LogP contribution in [0.1, 0.15) is 17.0 Å². The average molecular weight is 206 g/mol. The molecule has 0 saturated carbocycles. The first-order valence-corrected chi connectivity index (χ1v) is 5.42. The molecule has 3 heteroatoms. The summed E-state index contributed by atoms with van der Waals surface area (Å²) in [6.07, 6.45) is 0. The summed E-state index contributed by atoms with van der Waals surface area (Å²) in [5.41, 5.74) is 7.84. The van der Waals surface area contributed by atoms with Crippen LogP contribution in [0.5, 0.6) is 5.75 Å². The molecule has 2 atom stereocenters. The van der Waals surface area contributed by atoms with E-state index >= 15 is 0 Å². The molecule has 2 rings (SSSR count). The van der Waals surface area contributed by atoms with Crippen molar-refractivity contribution in [3.63, 3.8) is 0 Å². The molecule has 2 unspecified atom stereocenters. The quantitative estimate of drug-likeness (QED) is 0.675. The molecule has 15 heavy (non-hydrogen) atoms. The lowest BCUT2D eigenvalue weighted by atomic mass is 9.88. The maximum absolute atomic E-state index is 9.90. The zero-order valence-electron chi connectivity index (χ0n) is 9.03. The highest BCUT2D eigenvalue weighted by atomic mass is 16.3. The average Bonchev–Trinajstić information content (AvgIpc) is 2.65. The number of phenols is 1. The molecule has 1 aromatic carbocycles. The molecule has 0 aliphatic carbocycles. The predicted molar refractivity (Wildman–Crippen MR) is 61.0 cm³/mol. The van der Waals surface area contributed by atoms with Crippen molar-refractivity contribution in [3.8, 4) is 5.75 Å². The molecular formula is C12H18N2O. The second-order valence-electron chi connectivity index (χ2n) is 4.32.